The van der Waals surface area contributed by atoms with Crippen molar-refractivity contribution in [3.8, 4) is 5.13 Å². The second-order valence-corrected chi connectivity index (χ2v) is 8.01. The van der Waals surface area contributed by atoms with E-state index in [9.17, 15) is 4.79 Å². The average molecular weight is 411 g/mol. The van der Waals surface area contributed by atoms with E-state index in [1.54, 1.807) is 0 Å². The highest BCUT2D eigenvalue weighted by atomic mass is 35.5. The van der Waals surface area contributed by atoms with Crippen LogP contribution >= 0.6 is 22.9 Å². The zero-order valence-electron chi connectivity index (χ0n) is 15.6. The van der Waals surface area contributed by atoms with Crippen LogP contribution in [-0.4, -0.2) is 27.0 Å². The summed E-state index contributed by atoms with van der Waals surface area (Å²) in [6.07, 6.45) is 0.796. The normalized spacial score (nSPS) is 12.0. The van der Waals surface area contributed by atoms with Crippen LogP contribution in [0.2, 0.25) is 5.02 Å². The number of aryl methyl sites for hydroxylation is 1. The molecule has 2 aromatic heterocycles. The van der Waals surface area contributed by atoms with Crippen molar-refractivity contribution in [1.29, 1.82) is 0 Å². The smallest absolute Gasteiger partial charge is 0.282 e. The Hall–Kier alpha value is -2.70. The lowest BCUT2D eigenvalue weighted by Gasteiger charge is -2.00. The van der Waals surface area contributed by atoms with E-state index in [2.05, 4.69) is 15.1 Å². The van der Waals surface area contributed by atoms with Crippen LogP contribution in [0.5, 0.6) is 0 Å². The molecule has 0 unspecified atom stereocenters. The number of hydrogen-bond donors (Lipinski definition) is 1. The Balaban J connectivity index is 1.59. The maximum absolute atomic E-state index is 13.0. The number of halogens is 1. The second kappa shape index (κ2) is 7.73. The van der Waals surface area contributed by atoms with Crippen LogP contribution in [0.15, 0.2) is 58.3 Å². The van der Waals surface area contributed by atoms with E-state index in [0.717, 1.165) is 33.1 Å². The number of nitrogens with one attached hydrogen (secondary N) is 1. The van der Waals surface area contributed by atoms with Gasteiger partial charge in [0.05, 0.1) is 15.8 Å². The highest BCUT2D eigenvalue weighted by Crippen LogP contribution is 2.23. The molecule has 1 N–H and O–H groups in total. The summed E-state index contributed by atoms with van der Waals surface area (Å²) in [5.41, 5.74) is 4.06. The number of para-hydroxylation sites is 1. The van der Waals surface area contributed by atoms with Gasteiger partial charge >= 0.3 is 0 Å². The summed E-state index contributed by atoms with van der Waals surface area (Å²) >= 11 is 7.40. The molecular formula is C21H19ClN4OS. The first-order chi connectivity index (χ1) is 13.5. The molecule has 0 atom stereocenters. The fourth-order valence-electron chi connectivity index (χ4n) is 3.15. The Morgan fingerprint density at radius 3 is 2.71 bits per heavy atom. The van der Waals surface area contributed by atoms with E-state index in [0.29, 0.717) is 17.2 Å². The fraction of sp³-hybridized carbons (Fsp3) is 0.190. The van der Waals surface area contributed by atoms with Crippen molar-refractivity contribution in [2.75, 3.05) is 6.54 Å². The van der Waals surface area contributed by atoms with E-state index in [-0.39, 0.29) is 5.56 Å². The maximum atomic E-state index is 13.0. The Morgan fingerprint density at radius 1 is 1.21 bits per heavy atom. The lowest BCUT2D eigenvalue weighted by atomic mass is 10.1. The van der Waals surface area contributed by atoms with Crippen LogP contribution < -0.4 is 5.56 Å². The summed E-state index contributed by atoms with van der Waals surface area (Å²) in [6, 6.07) is 15.6. The molecule has 0 amide bonds. The third-order valence-electron chi connectivity index (χ3n) is 4.57. The highest BCUT2D eigenvalue weighted by molar-refractivity contribution is 7.20. The summed E-state index contributed by atoms with van der Waals surface area (Å²) in [5, 5.41) is 4.50. The molecule has 0 bridgehead atoms. The number of fused-ring (bicyclic) bond motifs is 1. The predicted molar refractivity (Wildman–Crippen MR) is 117 cm³/mol. The second-order valence-electron chi connectivity index (χ2n) is 6.56. The van der Waals surface area contributed by atoms with Gasteiger partial charge in [-0.25, -0.2) is 4.98 Å². The zero-order valence-corrected chi connectivity index (χ0v) is 17.1. The molecule has 4 aromatic rings. The first kappa shape index (κ1) is 18.7. The third-order valence-corrected chi connectivity index (χ3v) is 5.84. The molecule has 0 fully saturated rings. The van der Waals surface area contributed by atoms with Crippen molar-refractivity contribution in [3.63, 3.8) is 0 Å². The molecule has 0 spiro atoms. The molecule has 0 radical (unpaired) electrons. The third kappa shape index (κ3) is 3.66. The van der Waals surface area contributed by atoms with Crippen LogP contribution in [0.1, 0.15) is 23.7 Å². The number of aromatic nitrogens is 3. The van der Waals surface area contributed by atoms with Gasteiger partial charge in [-0.2, -0.15) is 4.68 Å². The van der Waals surface area contributed by atoms with Crippen LogP contribution in [0.25, 0.3) is 15.3 Å². The van der Waals surface area contributed by atoms with Gasteiger partial charge in [0, 0.05) is 23.0 Å². The van der Waals surface area contributed by atoms with Crippen LogP contribution in [0.3, 0.4) is 0 Å². The molecular weight excluding hydrogens is 392 g/mol. The number of H-pyrrole nitrogens is 1. The van der Waals surface area contributed by atoms with Gasteiger partial charge in [-0.05, 0) is 50.1 Å². The van der Waals surface area contributed by atoms with Crippen molar-refractivity contribution >= 4 is 38.9 Å². The maximum Gasteiger partial charge on any atom is 0.282 e. The molecule has 2 aromatic carbocycles. The Kier molecular flexibility index (Phi) is 5.15. The minimum atomic E-state index is -0.121. The topological polar surface area (TPSA) is 63.0 Å². The van der Waals surface area contributed by atoms with Gasteiger partial charge < -0.3 is 0 Å². The van der Waals surface area contributed by atoms with E-state index < -0.39 is 0 Å². The summed E-state index contributed by atoms with van der Waals surface area (Å²) < 4.78 is 2.56. The average Bonchev–Trinajstić information content (AvgIpc) is 3.23. The molecule has 5 nitrogen and oxygen atoms in total. The summed E-state index contributed by atoms with van der Waals surface area (Å²) in [4.78, 5) is 22.2. The molecule has 4 rings (SSSR count). The molecule has 0 aliphatic carbocycles. The van der Waals surface area contributed by atoms with Crippen molar-refractivity contribution in [3.05, 3.63) is 80.7 Å². The van der Waals surface area contributed by atoms with E-state index in [1.807, 2.05) is 62.4 Å². The Morgan fingerprint density at radius 2 is 1.96 bits per heavy atom. The SMILES string of the molecule is CC(=NCCc1ccc(Cl)cc1)c1c(C)[nH]n(-c2nc3ccccc3s2)c1=O. The van der Waals surface area contributed by atoms with Gasteiger partial charge in [0.25, 0.3) is 5.56 Å². The number of aliphatic imine (C=N–C) groups is 1. The standard InChI is InChI=1S/C21H19ClN4OS/c1-13(23-12-11-15-7-9-16(22)10-8-15)19-14(2)25-26(20(19)27)21-24-17-5-3-4-6-18(17)28-21/h3-10,25H,11-12H2,1-2H3. The molecule has 2 heterocycles. The Bertz CT molecular complexity index is 1180. The lowest BCUT2D eigenvalue weighted by molar-refractivity contribution is 0.829. The van der Waals surface area contributed by atoms with Crippen molar-refractivity contribution in [2.45, 2.75) is 20.3 Å². The van der Waals surface area contributed by atoms with E-state index in [4.69, 9.17) is 11.6 Å². The molecule has 7 heteroatoms. The largest absolute Gasteiger partial charge is 0.293 e. The van der Waals surface area contributed by atoms with Gasteiger partial charge in [0.1, 0.15) is 0 Å². The summed E-state index contributed by atoms with van der Waals surface area (Å²) in [7, 11) is 0. The molecule has 0 saturated carbocycles. The highest BCUT2D eigenvalue weighted by Gasteiger charge is 2.17. The number of benzene rings is 2. The van der Waals surface area contributed by atoms with Crippen molar-refractivity contribution in [2.24, 2.45) is 4.99 Å². The van der Waals surface area contributed by atoms with E-state index >= 15 is 0 Å². The number of nitrogens with zero attached hydrogens (tertiary/aromatic N) is 3. The zero-order chi connectivity index (χ0) is 19.7. The summed E-state index contributed by atoms with van der Waals surface area (Å²) in [5.74, 6) is 0. The number of aromatic amines is 1. The van der Waals surface area contributed by atoms with E-state index in [1.165, 1.54) is 21.6 Å². The van der Waals surface area contributed by atoms with Crippen LogP contribution in [-0.2, 0) is 6.42 Å². The van der Waals surface area contributed by atoms with Gasteiger partial charge in [0.15, 0.2) is 0 Å². The van der Waals surface area contributed by atoms with Crippen molar-refractivity contribution < 1.29 is 0 Å². The van der Waals surface area contributed by atoms with Gasteiger partial charge in [-0.15, -0.1) is 0 Å². The molecule has 28 heavy (non-hydrogen) atoms. The molecule has 0 aliphatic rings. The fourth-order valence-corrected chi connectivity index (χ4v) is 4.20. The number of rotatable bonds is 5. The molecule has 0 saturated heterocycles. The molecule has 0 aliphatic heterocycles. The molecule has 142 valence electrons. The van der Waals surface area contributed by atoms with Gasteiger partial charge in [-0.3, -0.25) is 14.9 Å². The number of hydrogen-bond acceptors (Lipinski definition) is 4. The predicted octanol–water partition coefficient (Wildman–Crippen LogP) is 4.79. The van der Waals surface area contributed by atoms with Crippen LogP contribution in [0, 0.1) is 6.92 Å². The minimum Gasteiger partial charge on any atom is -0.293 e. The van der Waals surface area contributed by atoms with Gasteiger partial charge in [0.2, 0.25) is 5.13 Å². The van der Waals surface area contributed by atoms with Crippen molar-refractivity contribution in [1.82, 2.24) is 14.8 Å². The Labute approximate surface area is 171 Å². The summed E-state index contributed by atoms with van der Waals surface area (Å²) in [6.45, 7) is 4.37. The van der Waals surface area contributed by atoms with Gasteiger partial charge in [-0.1, -0.05) is 47.2 Å². The van der Waals surface area contributed by atoms with Crippen LogP contribution in [0.4, 0.5) is 0 Å². The lowest BCUT2D eigenvalue weighted by Crippen LogP contribution is -2.19. The first-order valence-electron chi connectivity index (χ1n) is 8.96. The number of thiazole rings is 1. The monoisotopic (exact) mass is 410 g/mol. The minimum absolute atomic E-state index is 0.121. The quantitative estimate of drug-likeness (QED) is 0.481. The first-order valence-corrected chi connectivity index (χ1v) is 10.2.